The second kappa shape index (κ2) is 5.01. The van der Waals surface area contributed by atoms with Crippen LogP contribution in [0.1, 0.15) is 44.9 Å². The third-order valence-electron chi connectivity index (χ3n) is 5.40. The number of rotatable bonds is 2. The van der Waals surface area contributed by atoms with Crippen molar-refractivity contribution < 1.29 is 13.2 Å². The van der Waals surface area contributed by atoms with Gasteiger partial charge in [0.05, 0.1) is 17.1 Å². The molecule has 0 aromatic carbocycles. The van der Waals surface area contributed by atoms with Gasteiger partial charge in [0.2, 0.25) is 0 Å². The first kappa shape index (κ1) is 13.8. The normalized spacial score (nSPS) is 38.6. The molecule has 1 spiro atoms. The molecule has 2 N–H and O–H groups in total. The van der Waals surface area contributed by atoms with Crippen LogP contribution < -0.4 is 5.73 Å². The van der Waals surface area contributed by atoms with Gasteiger partial charge in [-0.3, -0.25) is 0 Å². The Balaban J connectivity index is 1.65. The highest BCUT2D eigenvalue weighted by atomic mass is 32.2. The van der Waals surface area contributed by atoms with Gasteiger partial charge in [-0.15, -0.1) is 0 Å². The lowest BCUT2D eigenvalue weighted by molar-refractivity contribution is -0.0982. The molecule has 0 bridgehead atoms. The van der Waals surface area contributed by atoms with Gasteiger partial charge in [-0.25, -0.2) is 8.42 Å². The summed E-state index contributed by atoms with van der Waals surface area (Å²) < 4.78 is 29.2. The van der Waals surface area contributed by atoms with Crippen molar-refractivity contribution >= 4 is 9.84 Å². The molecule has 1 aliphatic carbocycles. The Morgan fingerprint density at radius 2 is 1.89 bits per heavy atom. The number of hydrogen-bond acceptors (Lipinski definition) is 4. The van der Waals surface area contributed by atoms with Gasteiger partial charge in [0.25, 0.3) is 0 Å². The van der Waals surface area contributed by atoms with Crippen LogP contribution in [0.3, 0.4) is 0 Å². The average Bonchev–Trinajstić information content (AvgIpc) is 2.96. The van der Waals surface area contributed by atoms with Gasteiger partial charge in [0, 0.05) is 12.6 Å². The minimum atomic E-state index is -2.82. The van der Waals surface area contributed by atoms with Crippen LogP contribution in [0.4, 0.5) is 0 Å². The summed E-state index contributed by atoms with van der Waals surface area (Å²) in [7, 11) is -2.82. The van der Waals surface area contributed by atoms with E-state index in [2.05, 4.69) is 0 Å². The molecule has 3 rings (SSSR count). The van der Waals surface area contributed by atoms with E-state index in [0.29, 0.717) is 17.4 Å². The van der Waals surface area contributed by atoms with Crippen LogP contribution in [0, 0.1) is 11.8 Å². The van der Waals surface area contributed by atoms with Crippen molar-refractivity contribution in [3.8, 4) is 0 Å². The zero-order chi connectivity index (χ0) is 13.5. The van der Waals surface area contributed by atoms with Crippen LogP contribution in [0.5, 0.6) is 0 Å². The lowest BCUT2D eigenvalue weighted by Gasteiger charge is -2.41. The molecule has 3 atom stereocenters. The summed E-state index contributed by atoms with van der Waals surface area (Å²) in [5, 5.41) is 0. The first-order chi connectivity index (χ1) is 9.00. The monoisotopic (exact) mass is 287 g/mol. The summed E-state index contributed by atoms with van der Waals surface area (Å²) in [5.74, 6) is 1.26. The van der Waals surface area contributed by atoms with Crippen LogP contribution in [0.25, 0.3) is 0 Å². The van der Waals surface area contributed by atoms with E-state index in [4.69, 9.17) is 10.5 Å². The van der Waals surface area contributed by atoms with E-state index < -0.39 is 9.84 Å². The second-order valence-corrected chi connectivity index (χ2v) is 8.96. The molecule has 2 aliphatic heterocycles. The summed E-state index contributed by atoms with van der Waals surface area (Å²) in [5.41, 5.74) is 6.49. The summed E-state index contributed by atoms with van der Waals surface area (Å²) in [4.78, 5) is 0. The molecule has 3 fully saturated rings. The van der Waals surface area contributed by atoms with Crippen LogP contribution >= 0.6 is 0 Å². The van der Waals surface area contributed by atoms with Gasteiger partial charge in [-0.1, -0.05) is 12.8 Å². The van der Waals surface area contributed by atoms with Crippen LogP contribution in [0.15, 0.2) is 0 Å². The molecule has 19 heavy (non-hydrogen) atoms. The van der Waals surface area contributed by atoms with E-state index in [1.54, 1.807) is 0 Å². The highest BCUT2D eigenvalue weighted by Crippen LogP contribution is 2.43. The maximum absolute atomic E-state index is 11.6. The van der Waals surface area contributed by atoms with Crippen LogP contribution in [-0.4, -0.2) is 38.2 Å². The number of nitrogens with two attached hydrogens (primary N) is 1. The maximum Gasteiger partial charge on any atom is 0.150 e. The van der Waals surface area contributed by atoms with Gasteiger partial charge >= 0.3 is 0 Å². The number of ether oxygens (including phenoxy) is 1. The van der Waals surface area contributed by atoms with Crippen molar-refractivity contribution in [2.45, 2.75) is 56.6 Å². The fourth-order valence-corrected chi connectivity index (χ4v) is 6.14. The van der Waals surface area contributed by atoms with Crippen molar-refractivity contribution in [2.24, 2.45) is 17.6 Å². The quantitative estimate of drug-likeness (QED) is 0.835. The van der Waals surface area contributed by atoms with Gasteiger partial charge < -0.3 is 10.5 Å². The van der Waals surface area contributed by atoms with E-state index in [1.165, 1.54) is 25.7 Å². The second-order valence-electron chi connectivity index (χ2n) is 6.73. The molecule has 3 unspecified atom stereocenters. The highest BCUT2D eigenvalue weighted by Gasteiger charge is 2.44. The van der Waals surface area contributed by atoms with Gasteiger partial charge in [0.15, 0.2) is 9.84 Å². The lowest BCUT2D eigenvalue weighted by atomic mass is 9.77. The minimum absolute atomic E-state index is 0.0404. The Morgan fingerprint density at radius 3 is 2.53 bits per heavy atom. The van der Waals surface area contributed by atoms with Crippen LogP contribution in [-0.2, 0) is 14.6 Å². The van der Waals surface area contributed by atoms with Crippen molar-refractivity contribution in [3.63, 3.8) is 0 Å². The molecule has 5 heteroatoms. The number of sulfone groups is 1. The maximum atomic E-state index is 11.6. The largest absolute Gasteiger partial charge is 0.375 e. The molecular formula is C14H25NO3S. The number of hydrogen-bond donors (Lipinski definition) is 1. The summed E-state index contributed by atoms with van der Waals surface area (Å²) in [6, 6.07) is 0.0404. The van der Waals surface area contributed by atoms with Crippen molar-refractivity contribution in [3.05, 3.63) is 0 Å². The molecule has 0 aromatic rings. The summed E-state index contributed by atoms with van der Waals surface area (Å²) in [6.07, 6.45) is 7.66. The van der Waals surface area contributed by atoms with Gasteiger partial charge in [0.1, 0.15) is 0 Å². The molecule has 4 nitrogen and oxygen atoms in total. The highest BCUT2D eigenvalue weighted by molar-refractivity contribution is 7.91. The first-order valence-corrected chi connectivity index (χ1v) is 9.42. The predicted molar refractivity (Wildman–Crippen MR) is 74.6 cm³/mol. The molecule has 0 amide bonds. The van der Waals surface area contributed by atoms with E-state index in [0.717, 1.165) is 25.9 Å². The van der Waals surface area contributed by atoms with E-state index in [-0.39, 0.29) is 17.6 Å². The smallest absolute Gasteiger partial charge is 0.150 e. The van der Waals surface area contributed by atoms with Crippen molar-refractivity contribution in [1.82, 2.24) is 0 Å². The molecule has 2 heterocycles. The molecule has 2 saturated heterocycles. The standard InChI is InChI=1S/C14H25NO3S/c15-13(12-4-8-19(16,17)10-12)11-3-7-18-14(9-11)5-1-2-6-14/h11-13H,1-10,15H2. The summed E-state index contributed by atoms with van der Waals surface area (Å²) in [6.45, 7) is 0.803. The van der Waals surface area contributed by atoms with E-state index in [9.17, 15) is 8.42 Å². The van der Waals surface area contributed by atoms with Crippen LogP contribution in [0.2, 0.25) is 0 Å². The fraction of sp³-hybridized carbons (Fsp3) is 1.00. The predicted octanol–water partition coefficient (Wildman–Crippen LogP) is 1.49. The van der Waals surface area contributed by atoms with Gasteiger partial charge in [-0.05, 0) is 43.9 Å². The van der Waals surface area contributed by atoms with E-state index in [1.807, 2.05) is 0 Å². The zero-order valence-corrected chi connectivity index (χ0v) is 12.3. The topological polar surface area (TPSA) is 69.4 Å². The Kier molecular flexibility index (Phi) is 3.65. The minimum Gasteiger partial charge on any atom is -0.375 e. The Hall–Kier alpha value is -0.130. The first-order valence-electron chi connectivity index (χ1n) is 7.60. The third kappa shape index (κ3) is 2.83. The molecule has 1 saturated carbocycles. The molecule has 0 aromatic heterocycles. The average molecular weight is 287 g/mol. The Morgan fingerprint density at radius 1 is 1.16 bits per heavy atom. The van der Waals surface area contributed by atoms with E-state index >= 15 is 0 Å². The summed E-state index contributed by atoms with van der Waals surface area (Å²) >= 11 is 0. The molecule has 3 aliphatic rings. The zero-order valence-electron chi connectivity index (χ0n) is 11.5. The lowest BCUT2D eigenvalue weighted by Crippen LogP contribution is -2.47. The third-order valence-corrected chi connectivity index (χ3v) is 7.20. The fourth-order valence-electron chi connectivity index (χ4n) is 4.27. The van der Waals surface area contributed by atoms with Crippen molar-refractivity contribution in [1.29, 1.82) is 0 Å². The molecular weight excluding hydrogens is 262 g/mol. The van der Waals surface area contributed by atoms with Crippen molar-refractivity contribution in [2.75, 3.05) is 18.1 Å². The Bertz CT molecular complexity index is 428. The Labute approximate surface area is 116 Å². The SMILES string of the molecule is NC(C1CCOC2(CCCC2)C1)C1CCS(=O)(=O)C1. The molecule has 110 valence electrons. The molecule has 0 radical (unpaired) electrons. The van der Waals surface area contributed by atoms with Gasteiger partial charge in [-0.2, -0.15) is 0 Å².